The van der Waals surface area contributed by atoms with E-state index in [4.69, 9.17) is 0 Å². The Balaban J connectivity index is 2.00. The first-order chi connectivity index (χ1) is 11.4. The minimum Gasteiger partial charge on any atom is -0.273 e. The number of hydrogen-bond donors (Lipinski definition) is 1. The maximum Gasteiger partial charge on any atom is 0.269 e. The van der Waals surface area contributed by atoms with Crippen molar-refractivity contribution in [2.75, 3.05) is 0 Å². The number of carbonyl (C=O) groups excluding carboxylic acids is 1. The first-order valence-corrected chi connectivity index (χ1v) is 7.51. The predicted octanol–water partition coefficient (Wildman–Crippen LogP) is 3.29. The molecule has 124 valence electrons. The van der Waals surface area contributed by atoms with Gasteiger partial charge in [0.05, 0.1) is 17.1 Å². The molecule has 0 radical (unpaired) electrons. The number of aryl methyl sites for hydroxylation is 2. The Morgan fingerprint density at radius 3 is 2.42 bits per heavy atom. The second kappa shape index (κ2) is 7.50. The van der Waals surface area contributed by atoms with Crippen molar-refractivity contribution in [1.82, 2.24) is 5.43 Å². The molecule has 0 unspecified atom stereocenters. The van der Waals surface area contributed by atoms with Gasteiger partial charge in [-0.1, -0.05) is 35.9 Å². The molecular formula is C18H19N3O3. The Kier molecular flexibility index (Phi) is 5.42. The molecule has 0 aromatic heterocycles. The monoisotopic (exact) mass is 325 g/mol. The van der Waals surface area contributed by atoms with Crippen molar-refractivity contribution < 1.29 is 9.72 Å². The highest BCUT2D eigenvalue weighted by Crippen LogP contribution is 2.13. The Labute approximate surface area is 140 Å². The van der Waals surface area contributed by atoms with Crippen molar-refractivity contribution in [1.29, 1.82) is 0 Å². The van der Waals surface area contributed by atoms with Gasteiger partial charge in [-0.05, 0) is 31.9 Å². The Hall–Kier alpha value is -3.02. The van der Waals surface area contributed by atoms with Crippen molar-refractivity contribution in [3.63, 3.8) is 0 Å². The van der Waals surface area contributed by atoms with Crippen LogP contribution in [-0.2, 0) is 11.2 Å². The van der Waals surface area contributed by atoms with Gasteiger partial charge in [-0.15, -0.1) is 0 Å². The molecule has 0 atom stereocenters. The third-order valence-corrected chi connectivity index (χ3v) is 3.63. The molecule has 0 fully saturated rings. The second-order valence-corrected chi connectivity index (χ2v) is 5.65. The number of nitro groups is 1. The minimum atomic E-state index is -0.471. The van der Waals surface area contributed by atoms with Crippen LogP contribution >= 0.6 is 0 Å². The molecule has 0 aliphatic rings. The predicted molar refractivity (Wildman–Crippen MR) is 93.1 cm³/mol. The molecule has 0 saturated carbocycles. The number of nitrogens with one attached hydrogen (secondary N) is 1. The van der Waals surface area contributed by atoms with Crippen LogP contribution in [0.5, 0.6) is 0 Å². The number of benzene rings is 2. The molecule has 0 saturated heterocycles. The summed E-state index contributed by atoms with van der Waals surface area (Å²) in [5.74, 6) is -0.270. The quantitative estimate of drug-likeness (QED) is 0.520. The number of amides is 1. The van der Waals surface area contributed by atoms with Crippen LogP contribution in [-0.4, -0.2) is 16.5 Å². The summed E-state index contributed by atoms with van der Waals surface area (Å²) in [4.78, 5) is 22.1. The topological polar surface area (TPSA) is 84.6 Å². The maximum absolute atomic E-state index is 12.0. The van der Waals surface area contributed by atoms with Crippen LogP contribution in [0.3, 0.4) is 0 Å². The summed E-state index contributed by atoms with van der Waals surface area (Å²) in [7, 11) is 0. The van der Waals surface area contributed by atoms with Gasteiger partial charge in [-0.2, -0.15) is 5.10 Å². The van der Waals surface area contributed by atoms with Gasteiger partial charge in [0.15, 0.2) is 0 Å². The van der Waals surface area contributed by atoms with Gasteiger partial charge in [0.25, 0.3) is 5.69 Å². The smallest absolute Gasteiger partial charge is 0.269 e. The van der Waals surface area contributed by atoms with Crippen molar-refractivity contribution in [2.45, 2.75) is 27.2 Å². The fourth-order valence-corrected chi connectivity index (χ4v) is 2.39. The molecular weight excluding hydrogens is 306 g/mol. The van der Waals surface area contributed by atoms with Gasteiger partial charge in [0.2, 0.25) is 5.91 Å². The number of non-ortho nitro benzene ring substituents is 1. The molecule has 0 spiro atoms. The minimum absolute atomic E-state index is 0.00266. The molecule has 6 nitrogen and oxygen atoms in total. The average molecular weight is 325 g/mol. The largest absolute Gasteiger partial charge is 0.273 e. The van der Waals surface area contributed by atoms with Crippen LogP contribution in [0.1, 0.15) is 29.2 Å². The summed E-state index contributed by atoms with van der Waals surface area (Å²) >= 11 is 0. The van der Waals surface area contributed by atoms with E-state index >= 15 is 0 Å². The molecule has 1 amide bonds. The Morgan fingerprint density at radius 2 is 1.83 bits per heavy atom. The molecule has 24 heavy (non-hydrogen) atoms. The number of carbonyl (C=O) groups is 1. The lowest BCUT2D eigenvalue weighted by Crippen LogP contribution is -2.21. The van der Waals surface area contributed by atoms with Crippen LogP contribution in [0, 0.1) is 24.0 Å². The van der Waals surface area contributed by atoms with Gasteiger partial charge in [-0.3, -0.25) is 14.9 Å². The van der Waals surface area contributed by atoms with Crippen LogP contribution in [0.15, 0.2) is 47.6 Å². The zero-order valence-corrected chi connectivity index (χ0v) is 13.9. The van der Waals surface area contributed by atoms with E-state index in [2.05, 4.69) is 16.6 Å². The summed E-state index contributed by atoms with van der Waals surface area (Å²) in [5, 5.41) is 14.7. The average Bonchev–Trinajstić information content (AvgIpc) is 2.53. The highest BCUT2D eigenvalue weighted by Gasteiger charge is 2.08. The first kappa shape index (κ1) is 17.3. The normalized spacial score (nSPS) is 11.2. The second-order valence-electron chi connectivity index (χ2n) is 5.65. The molecule has 6 heteroatoms. The summed E-state index contributed by atoms with van der Waals surface area (Å²) in [6, 6.07) is 11.9. The van der Waals surface area contributed by atoms with Crippen molar-refractivity contribution in [3.8, 4) is 0 Å². The zero-order valence-electron chi connectivity index (χ0n) is 13.9. The molecule has 1 N–H and O–H groups in total. The molecule has 0 bridgehead atoms. The van der Waals surface area contributed by atoms with Gasteiger partial charge in [-0.25, -0.2) is 5.43 Å². The zero-order chi connectivity index (χ0) is 17.7. The third-order valence-electron chi connectivity index (χ3n) is 3.63. The lowest BCUT2D eigenvalue weighted by atomic mass is 10.0. The lowest BCUT2D eigenvalue weighted by Gasteiger charge is -2.07. The van der Waals surface area contributed by atoms with Gasteiger partial charge in [0, 0.05) is 17.7 Å². The van der Waals surface area contributed by atoms with Crippen molar-refractivity contribution in [3.05, 3.63) is 74.8 Å². The van der Waals surface area contributed by atoms with Crippen LogP contribution in [0.4, 0.5) is 5.69 Å². The van der Waals surface area contributed by atoms with E-state index in [0.717, 1.165) is 16.8 Å². The summed E-state index contributed by atoms with van der Waals surface area (Å²) in [6.45, 7) is 5.86. The molecule has 2 aromatic carbocycles. The van der Waals surface area contributed by atoms with E-state index in [1.165, 1.54) is 17.7 Å². The number of nitro benzene ring substituents is 1. The van der Waals surface area contributed by atoms with Crippen LogP contribution < -0.4 is 5.43 Å². The number of nitrogens with zero attached hydrogens (tertiary/aromatic N) is 2. The summed E-state index contributed by atoms with van der Waals surface area (Å²) in [6.07, 6.45) is 0.113. The van der Waals surface area contributed by atoms with E-state index < -0.39 is 4.92 Å². The standard InChI is InChI=1S/C18H19N3O3/c1-12-4-9-17(13(2)10-12)14(3)19-20-18(22)11-15-5-7-16(8-6-15)21(23)24/h4-10H,11H2,1-3H3,(H,20,22)/b19-14-. The highest BCUT2D eigenvalue weighted by atomic mass is 16.6. The Morgan fingerprint density at radius 1 is 1.17 bits per heavy atom. The number of hydrazone groups is 1. The lowest BCUT2D eigenvalue weighted by molar-refractivity contribution is -0.384. The first-order valence-electron chi connectivity index (χ1n) is 7.51. The fourth-order valence-electron chi connectivity index (χ4n) is 2.39. The number of rotatable bonds is 5. The molecule has 2 aromatic rings. The van der Waals surface area contributed by atoms with E-state index in [-0.39, 0.29) is 18.0 Å². The van der Waals surface area contributed by atoms with Crippen LogP contribution in [0.2, 0.25) is 0 Å². The van der Waals surface area contributed by atoms with Crippen molar-refractivity contribution in [2.24, 2.45) is 5.10 Å². The fraction of sp³-hybridized carbons (Fsp3) is 0.222. The SMILES string of the molecule is C/C(=N/NC(=O)Cc1ccc([N+](=O)[O-])cc1)c1ccc(C)cc1C. The van der Waals surface area contributed by atoms with Gasteiger partial charge in [0.1, 0.15) is 0 Å². The van der Waals surface area contributed by atoms with Gasteiger partial charge >= 0.3 is 0 Å². The summed E-state index contributed by atoms with van der Waals surface area (Å²) in [5.41, 5.74) is 7.20. The van der Waals surface area contributed by atoms with E-state index in [1.54, 1.807) is 12.1 Å². The third kappa shape index (κ3) is 4.49. The van der Waals surface area contributed by atoms with E-state index in [9.17, 15) is 14.9 Å². The van der Waals surface area contributed by atoms with E-state index in [0.29, 0.717) is 5.56 Å². The Bertz CT molecular complexity index is 796. The summed E-state index contributed by atoms with van der Waals surface area (Å²) < 4.78 is 0. The molecule has 0 heterocycles. The van der Waals surface area contributed by atoms with Crippen molar-refractivity contribution >= 4 is 17.3 Å². The number of hydrogen-bond acceptors (Lipinski definition) is 4. The van der Waals surface area contributed by atoms with Gasteiger partial charge < -0.3 is 0 Å². The van der Waals surface area contributed by atoms with E-state index in [1.807, 2.05) is 32.9 Å². The molecule has 0 aliphatic heterocycles. The molecule has 2 rings (SSSR count). The van der Waals surface area contributed by atoms with Crippen LogP contribution in [0.25, 0.3) is 0 Å². The maximum atomic E-state index is 12.0. The molecule has 0 aliphatic carbocycles. The highest BCUT2D eigenvalue weighted by molar-refractivity contribution is 6.00.